The van der Waals surface area contributed by atoms with E-state index in [4.69, 9.17) is 0 Å². The third kappa shape index (κ3) is 3.09. The number of nitrogens with one attached hydrogen (secondary N) is 1. The molecule has 0 saturated carbocycles. The van der Waals surface area contributed by atoms with Crippen molar-refractivity contribution in [3.63, 3.8) is 0 Å². The van der Waals surface area contributed by atoms with Crippen molar-refractivity contribution in [1.82, 2.24) is 19.1 Å². The molecule has 2 aromatic rings. The van der Waals surface area contributed by atoms with E-state index in [0.717, 1.165) is 4.57 Å². The Hall–Kier alpha value is -1.46. The maximum absolute atomic E-state index is 12.1. The highest BCUT2D eigenvalue weighted by Crippen LogP contribution is 2.20. The molecule has 0 aliphatic rings. The van der Waals surface area contributed by atoms with Gasteiger partial charge in [-0.2, -0.15) is 0 Å². The smallest absolute Gasteiger partial charge is 0.272 e. The van der Waals surface area contributed by atoms with Crippen LogP contribution in [0.25, 0.3) is 0 Å². The fourth-order valence-electron chi connectivity index (χ4n) is 1.42. The van der Waals surface area contributed by atoms with Gasteiger partial charge in [-0.25, -0.2) is 22.7 Å². The first-order valence-electron chi connectivity index (χ1n) is 5.37. The van der Waals surface area contributed by atoms with Crippen LogP contribution < -0.4 is 10.4 Å². The van der Waals surface area contributed by atoms with Crippen molar-refractivity contribution in [2.75, 3.05) is 0 Å². The molecule has 0 fully saturated rings. The van der Waals surface area contributed by atoms with E-state index in [9.17, 15) is 18.0 Å². The molecule has 0 unspecified atom stereocenters. The van der Waals surface area contributed by atoms with Crippen LogP contribution in [0.4, 0.5) is 4.79 Å². The van der Waals surface area contributed by atoms with Crippen molar-refractivity contribution < 1.29 is 13.2 Å². The number of aromatic nitrogens is 3. The lowest BCUT2D eigenvalue weighted by atomic mass is 10.4. The van der Waals surface area contributed by atoms with Crippen LogP contribution in [0.3, 0.4) is 0 Å². The number of benzene rings is 1. The summed E-state index contributed by atoms with van der Waals surface area (Å²) >= 11 is 6.05. The molecule has 0 atom stereocenters. The molecule has 1 N–H and O–H groups in total. The lowest BCUT2D eigenvalue weighted by Gasteiger charge is -2.07. The Labute approximate surface area is 136 Å². The van der Waals surface area contributed by atoms with Gasteiger partial charge in [0, 0.05) is 11.5 Å². The van der Waals surface area contributed by atoms with Gasteiger partial charge in [-0.1, -0.05) is 12.1 Å². The summed E-state index contributed by atoms with van der Waals surface area (Å²) in [6.45, 7) is 0. The van der Waals surface area contributed by atoms with Gasteiger partial charge >= 0.3 is 11.7 Å². The van der Waals surface area contributed by atoms with E-state index in [2.05, 4.69) is 37.0 Å². The minimum absolute atomic E-state index is 0.0981. The molecule has 0 saturated heterocycles. The summed E-state index contributed by atoms with van der Waals surface area (Å²) in [7, 11) is -2.75. The lowest BCUT2D eigenvalue weighted by Crippen LogP contribution is -2.40. The summed E-state index contributed by atoms with van der Waals surface area (Å²) < 4.78 is 27.9. The zero-order valence-electron chi connectivity index (χ0n) is 10.4. The first kappa shape index (κ1) is 15.9. The Morgan fingerprint density at radius 3 is 2.43 bits per heavy atom. The number of halogens is 2. The molecule has 2 rings (SSSR count). The van der Waals surface area contributed by atoms with Crippen molar-refractivity contribution in [3.05, 3.63) is 44.0 Å². The van der Waals surface area contributed by atoms with E-state index < -0.39 is 21.7 Å². The summed E-state index contributed by atoms with van der Waals surface area (Å²) in [6, 6.07) is 4.80. The third-order valence-corrected chi connectivity index (χ3v) is 5.49. The van der Waals surface area contributed by atoms with Gasteiger partial charge in [0.25, 0.3) is 10.0 Å². The fourth-order valence-corrected chi connectivity index (χ4v) is 3.66. The summed E-state index contributed by atoms with van der Waals surface area (Å²) in [5.74, 6) is 0. The van der Waals surface area contributed by atoms with E-state index in [0.29, 0.717) is 9.15 Å². The quantitative estimate of drug-likeness (QED) is 0.753. The molecular weight excluding hydrogens is 432 g/mol. The summed E-state index contributed by atoms with van der Waals surface area (Å²) in [6.07, 6.45) is 0. The predicted octanol–water partition coefficient (Wildman–Crippen LogP) is 1.05. The largest absolute Gasteiger partial charge is 0.360 e. The Kier molecular flexibility index (Phi) is 4.35. The van der Waals surface area contributed by atoms with E-state index in [-0.39, 0.29) is 9.63 Å². The van der Waals surface area contributed by atoms with Crippen LogP contribution >= 0.6 is 31.9 Å². The number of carbonyl (C=O) groups is 1. The zero-order chi connectivity index (χ0) is 15.8. The molecule has 21 heavy (non-hydrogen) atoms. The van der Waals surface area contributed by atoms with Crippen molar-refractivity contribution >= 4 is 47.9 Å². The molecule has 1 heterocycles. The van der Waals surface area contributed by atoms with Gasteiger partial charge in [0.1, 0.15) is 4.90 Å². The van der Waals surface area contributed by atoms with E-state index in [1.54, 1.807) is 10.8 Å². The second-order valence-corrected chi connectivity index (χ2v) is 7.08. The highest BCUT2D eigenvalue weighted by Gasteiger charge is 2.23. The molecule has 1 aromatic heterocycles. The van der Waals surface area contributed by atoms with Crippen LogP contribution in [0.2, 0.25) is 0 Å². The van der Waals surface area contributed by atoms with Gasteiger partial charge < -0.3 is 0 Å². The molecule has 8 nitrogen and oxygen atoms in total. The molecule has 112 valence electrons. The van der Waals surface area contributed by atoms with Gasteiger partial charge in [-0.05, 0) is 44.0 Å². The minimum atomic E-state index is -4.13. The molecule has 0 spiro atoms. The Bertz CT molecular complexity index is 871. The average molecular weight is 440 g/mol. The van der Waals surface area contributed by atoms with Crippen LogP contribution in [-0.2, 0) is 17.1 Å². The average Bonchev–Trinajstić information content (AvgIpc) is 2.66. The Balaban J connectivity index is 2.37. The molecule has 0 aliphatic heterocycles. The number of hydrogen-bond donors (Lipinski definition) is 1. The highest BCUT2D eigenvalue weighted by atomic mass is 79.9. The maximum atomic E-state index is 12.1. The standard InChI is InChI=1S/C10H8Br2N4O4S/c1-15-8(12)13-16(10(15)18)9(17)14-21(19,20)7-5-3-2-4-6(7)11/h2-5H,1H3,(H,14,17). The monoisotopic (exact) mass is 438 g/mol. The van der Waals surface area contributed by atoms with E-state index in [1.807, 2.05) is 0 Å². The van der Waals surface area contributed by atoms with Crippen molar-refractivity contribution in [3.8, 4) is 0 Å². The van der Waals surface area contributed by atoms with Gasteiger partial charge in [0.05, 0.1) is 0 Å². The molecular formula is C10H8Br2N4O4S. The molecule has 11 heteroatoms. The van der Waals surface area contributed by atoms with Gasteiger partial charge in [-0.3, -0.25) is 4.57 Å². The molecule has 0 aliphatic carbocycles. The number of rotatable bonds is 2. The van der Waals surface area contributed by atoms with Crippen molar-refractivity contribution in [1.29, 1.82) is 0 Å². The Morgan fingerprint density at radius 2 is 1.90 bits per heavy atom. The number of amides is 1. The van der Waals surface area contributed by atoms with Gasteiger partial charge in [0.15, 0.2) is 0 Å². The maximum Gasteiger partial charge on any atom is 0.360 e. The second kappa shape index (κ2) is 5.73. The van der Waals surface area contributed by atoms with E-state index >= 15 is 0 Å². The fraction of sp³-hybridized carbons (Fsp3) is 0.100. The molecule has 0 radical (unpaired) electrons. The topological polar surface area (TPSA) is 103 Å². The molecule has 0 bridgehead atoms. The summed E-state index contributed by atoms with van der Waals surface area (Å²) in [5, 5.41) is 3.61. The first-order chi connectivity index (χ1) is 9.74. The van der Waals surface area contributed by atoms with Crippen molar-refractivity contribution in [2.45, 2.75) is 4.90 Å². The van der Waals surface area contributed by atoms with Crippen LogP contribution in [0.5, 0.6) is 0 Å². The molecule has 1 aromatic carbocycles. The number of sulfonamides is 1. The predicted molar refractivity (Wildman–Crippen MR) is 80.4 cm³/mol. The number of hydrogen-bond acceptors (Lipinski definition) is 5. The number of carbonyl (C=O) groups excluding carboxylic acids is 1. The normalized spacial score (nSPS) is 11.4. The van der Waals surface area contributed by atoms with Crippen LogP contribution in [0.1, 0.15) is 0 Å². The van der Waals surface area contributed by atoms with Gasteiger partial charge in [0.2, 0.25) is 4.73 Å². The summed E-state index contributed by atoms with van der Waals surface area (Å²) in [5.41, 5.74) is -0.776. The summed E-state index contributed by atoms with van der Waals surface area (Å²) in [4.78, 5) is 23.5. The number of nitrogens with zero attached hydrogens (tertiary/aromatic N) is 3. The van der Waals surface area contributed by atoms with Crippen LogP contribution in [-0.4, -0.2) is 28.8 Å². The minimum Gasteiger partial charge on any atom is -0.272 e. The van der Waals surface area contributed by atoms with E-state index in [1.165, 1.54) is 25.2 Å². The Morgan fingerprint density at radius 1 is 1.29 bits per heavy atom. The van der Waals surface area contributed by atoms with Crippen molar-refractivity contribution in [2.24, 2.45) is 7.05 Å². The highest BCUT2D eigenvalue weighted by molar-refractivity contribution is 9.10. The first-order valence-corrected chi connectivity index (χ1v) is 8.44. The SMILES string of the molecule is Cn1c(Br)nn(C(=O)NS(=O)(=O)c2ccccc2Br)c1=O. The van der Waals surface area contributed by atoms with Gasteiger partial charge in [-0.15, -0.1) is 9.78 Å². The van der Waals surface area contributed by atoms with Crippen LogP contribution in [0, 0.1) is 0 Å². The third-order valence-electron chi connectivity index (χ3n) is 2.47. The lowest BCUT2D eigenvalue weighted by molar-refractivity contribution is 0.243. The van der Waals surface area contributed by atoms with Crippen LogP contribution in [0.15, 0.2) is 43.2 Å². The zero-order valence-corrected chi connectivity index (χ0v) is 14.4. The second-order valence-electron chi connectivity index (χ2n) is 3.86. The molecule has 1 amide bonds.